The summed E-state index contributed by atoms with van der Waals surface area (Å²) in [5.41, 5.74) is 6.66. The third-order valence-electron chi connectivity index (χ3n) is 2.52. The zero-order valence-electron chi connectivity index (χ0n) is 8.01. The molecule has 5 heteroatoms. The summed E-state index contributed by atoms with van der Waals surface area (Å²) < 4.78 is 13.7. The van der Waals surface area contributed by atoms with Crippen LogP contribution in [0.3, 0.4) is 0 Å². The van der Waals surface area contributed by atoms with Crippen molar-refractivity contribution in [3.05, 3.63) is 27.4 Å². The highest BCUT2D eigenvalue weighted by molar-refractivity contribution is 9.10. The second-order valence-corrected chi connectivity index (χ2v) is 4.97. The summed E-state index contributed by atoms with van der Waals surface area (Å²) >= 11 is 9.33. The third-order valence-corrected chi connectivity index (χ3v) is 3.42. The molecule has 0 aliphatic carbocycles. The Bertz CT molecular complexity index is 363. The number of rotatable bonds is 1. The van der Waals surface area contributed by atoms with Crippen LogP contribution in [0.2, 0.25) is 5.02 Å². The van der Waals surface area contributed by atoms with E-state index in [2.05, 4.69) is 20.8 Å². The van der Waals surface area contributed by atoms with Gasteiger partial charge in [-0.05, 0) is 34.5 Å². The van der Waals surface area contributed by atoms with Crippen molar-refractivity contribution in [3.8, 4) is 0 Å². The van der Waals surface area contributed by atoms with Crippen LogP contribution < -0.4 is 10.6 Å². The Kier molecular flexibility index (Phi) is 3.19. The number of halogens is 3. The first-order chi connectivity index (χ1) is 7.08. The van der Waals surface area contributed by atoms with Gasteiger partial charge in [-0.2, -0.15) is 0 Å². The first-order valence-corrected chi connectivity index (χ1v) is 5.90. The van der Waals surface area contributed by atoms with Gasteiger partial charge in [0, 0.05) is 23.6 Å². The van der Waals surface area contributed by atoms with Crippen LogP contribution in [-0.2, 0) is 0 Å². The number of nitrogens with zero attached hydrogens (tertiary/aromatic N) is 1. The monoisotopic (exact) mass is 292 g/mol. The summed E-state index contributed by atoms with van der Waals surface area (Å²) in [5, 5.41) is 0.427. The minimum absolute atomic E-state index is 0.179. The molecule has 0 bridgehead atoms. The molecule has 1 aliphatic heterocycles. The highest BCUT2D eigenvalue weighted by Crippen LogP contribution is 2.36. The van der Waals surface area contributed by atoms with Gasteiger partial charge in [0.05, 0.1) is 10.7 Å². The highest BCUT2D eigenvalue weighted by Gasteiger charge is 2.23. The minimum atomic E-state index is -0.334. The van der Waals surface area contributed by atoms with E-state index in [-0.39, 0.29) is 11.9 Å². The molecular weight excluding hydrogens is 282 g/mol. The lowest BCUT2D eigenvalue weighted by molar-refractivity contribution is 0.627. The van der Waals surface area contributed by atoms with Crippen molar-refractivity contribution in [2.45, 2.75) is 12.5 Å². The standard InChI is InChI=1S/C10H11BrClFN2/c11-8-3-6(13)4-9(12)10(8)15-2-1-7(14)5-15/h3-4,7H,1-2,5,14H2. The van der Waals surface area contributed by atoms with Gasteiger partial charge >= 0.3 is 0 Å². The average molecular weight is 294 g/mol. The fourth-order valence-corrected chi connectivity index (χ4v) is 2.95. The van der Waals surface area contributed by atoms with Crippen LogP contribution in [0.4, 0.5) is 10.1 Å². The lowest BCUT2D eigenvalue weighted by Crippen LogP contribution is -2.26. The predicted octanol–water partition coefficient (Wildman–Crippen LogP) is 2.78. The van der Waals surface area contributed by atoms with Gasteiger partial charge in [0.15, 0.2) is 0 Å². The molecule has 1 heterocycles. The second kappa shape index (κ2) is 4.28. The van der Waals surface area contributed by atoms with Crippen LogP contribution in [0.1, 0.15) is 6.42 Å². The van der Waals surface area contributed by atoms with E-state index in [1.54, 1.807) is 0 Å². The Morgan fingerprint density at radius 1 is 1.53 bits per heavy atom. The van der Waals surface area contributed by atoms with Gasteiger partial charge in [-0.15, -0.1) is 0 Å². The molecule has 1 aromatic rings. The van der Waals surface area contributed by atoms with Gasteiger partial charge in [-0.3, -0.25) is 0 Å². The lowest BCUT2D eigenvalue weighted by Gasteiger charge is -2.21. The fraction of sp³-hybridized carbons (Fsp3) is 0.400. The van der Waals surface area contributed by atoms with Crippen molar-refractivity contribution < 1.29 is 4.39 Å². The van der Waals surface area contributed by atoms with Crippen molar-refractivity contribution in [3.63, 3.8) is 0 Å². The molecular formula is C10H11BrClFN2. The number of hydrogen-bond acceptors (Lipinski definition) is 2. The van der Waals surface area contributed by atoms with Gasteiger partial charge in [-0.25, -0.2) is 4.39 Å². The van der Waals surface area contributed by atoms with Gasteiger partial charge in [0.1, 0.15) is 5.82 Å². The van der Waals surface area contributed by atoms with Crippen LogP contribution in [0.25, 0.3) is 0 Å². The summed E-state index contributed by atoms with van der Waals surface area (Å²) in [6, 6.07) is 2.93. The summed E-state index contributed by atoms with van der Waals surface area (Å²) in [6.07, 6.45) is 0.945. The molecule has 2 nitrogen and oxygen atoms in total. The molecule has 15 heavy (non-hydrogen) atoms. The molecule has 2 N–H and O–H groups in total. The second-order valence-electron chi connectivity index (χ2n) is 3.71. The van der Waals surface area contributed by atoms with E-state index >= 15 is 0 Å². The molecule has 1 aliphatic rings. The number of anilines is 1. The smallest absolute Gasteiger partial charge is 0.125 e. The SMILES string of the molecule is NC1CCN(c2c(Cl)cc(F)cc2Br)C1. The van der Waals surface area contributed by atoms with E-state index in [0.29, 0.717) is 9.50 Å². The first kappa shape index (κ1) is 11.2. The zero-order chi connectivity index (χ0) is 11.0. The fourth-order valence-electron chi connectivity index (χ4n) is 1.83. The zero-order valence-corrected chi connectivity index (χ0v) is 10.4. The molecule has 1 saturated heterocycles. The molecule has 0 radical (unpaired) electrons. The number of nitrogens with two attached hydrogens (primary N) is 1. The molecule has 82 valence electrons. The van der Waals surface area contributed by atoms with Gasteiger partial charge in [-0.1, -0.05) is 11.6 Å². The van der Waals surface area contributed by atoms with E-state index in [1.807, 2.05) is 0 Å². The van der Waals surface area contributed by atoms with E-state index in [4.69, 9.17) is 17.3 Å². The summed E-state index contributed by atoms with van der Waals surface area (Å²) in [4.78, 5) is 2.08. The first-order valence-electron chi connectivity index (χ1n) is 4.73. The maximum Gasteiger partial charge on any atom is 0.125 e. The Morgan fingerprint density at radius 3 is 2.80 bits per heavy atom. The number of benzene rings is 1. The van der Waals surface area contributed by atoms with Gasteiger partial charge in [0.2, 0.25) is 0 Å². The average Bonchev–Trinajstić information content (AvgIpc) is 2.49. The maximum atomic E-state index is 13.0. The van der Waals surface area contributed by atoms with Crippen LogP contribution >= 0.6 is 27.5 Å². The van der Waals surface area contributed by atoms with Crippen LogP contribution in [0, 0.1) is 5.82 Å². The Balaban J connectivity index is 2.35. The number of hydrogen-bond donors (Lipinski definition) is 1. The quantitative estimate of drug-likeness (QED) is 0.863. The van der Waals surface area contributed by atoms with Crippen molar-refractivity contribution in [2.75, 3.05) is 18.0 Å². The van der Waals surface area contributed by atoms with Crippen molar-refractivity contribution in [2.24, 2.45) is 5.73 Å². The molecule has 1 atom stereocenters. The molecule has 1 unspecified atom stereocenters. The normalized spacial score (nSPS) is 21.1. The summed E-state index contributed by atoms with van der Waals surface area (Å²) in [7, 11) is 0. The van der Waals surface area contributed by atoms with E-state index < -0.39 is 0 Å². The Labute approximate surface area is 101 Å². The van der Waals surface area contributed by atoms with Crippen LogP contribution in [0.15, 0.2) is 16.6 Å². The van der Waals surface area contributed by atoms with E-state index in [9.17, 15) is 4.39 Å². The molecule has 0 aromatic heterocycles. The van der Waals surface area contributed by atoms with Crippen molar-refractivity contribution in [1.82, 2.24) is 0 Å². The largest absolute Gasteiger partial charge is 0.368 e. The molecule has 1 fully saturated rings. The maximum absolute atomic E-state index is 13.0. The Morgan fingerprint density at radius 2 is 2.27 bits per heavy atom. The van der Waals surface area contributed by atoms with Crippen molar-refractivity contribution >= 4 is 33.2 Å². The van der Waals surface area contributed by atoms with Gasteiger partial charge in [0.25, 0.3) is 0 Å². The van der Waals surface area contributed by atoms with E-state index in [1.165, 1.54) is 12.1 Å². The van der Waals surface area contributed by atoms with Gasteiger partial charge < -0.3 is 10.6 Å². The van der Waals surface area contributed by atoms with Crippen LogP contribution in [-0.4, -0.2) is 19.1 Å². The van der Waals surface area contributed by atoms with Crippen LogP contribution in [0.5, 0.6) is 0 Å². The summed E-state index contributed by atoms with van der Waals surface area (Å²) in [6.45, 7) is 1.63. The third kappa shape index (κ3) is 2.27. The molecule has 0 saturated carbocycles. The molecule has 1 aromatic carbocycles. The topological polar surface area (TPSA) is 29.3 Å². The van der Waals surface area contributed by atoms with E-state index in [0.717, 1.165) is 25.2 Å². The lowest BCUT2D eigenvalue weighted by atomic mass is 10.3. The highest BCUT2D eigenvalue weighted by atomic mass is 79.9. The predicted molar refractivity (Wildman–Crippen MR) is 63.9 cm³/mol. The Hall–Kier alpha value is -0.320. The minimum Gasteiger partial charge on any atom is -0.368 e. The van der Waals surface area contributed by atoms with Crippen molar-refractivity contribution in [1.29, 1.82) is 0 Å². The summed E-state index contributed by atoms with van der Waals surface area (Å²) in [5.74, 6) is -0.334. The molecule has 2 rings (SSSR count). The molecule has 0 amide bonds. The molecule has 0 spiro atoms.